The first-order valence-corrected chi connectivity index (χ1v) is 9.77. The summed E-state index contributed by atoms with van der Waals surface area (Å²) in [5, 5.41) is 2.90. The van der Waals surface area contributed by atoms with Crippen LogP contribution in [0.25, 0.3) is 6.08 Å². The van der Waals surface area contributed by atoms with Gasteiger partial charge in [0.2, 0.25) is 5.91 Å². The molecule has 152 valence electrons. The minimum absolute atomic E-state index is 0.0349. The lowest BCUT2D eigenvalue weighted by Gasteiger charge is -2.20. The fourth-order valence-electron chi connectivity index (χ4n) is 3.25. The van der Waals surface area contributed by atoms with Gasteiger partial charge in [0.05, 0.1) is 0 Å². The van der Waals surface area contributed by atoms with Crippen LogP contribution in [0, 0.1) is 12.8 Å². The molecule has 1 aliphatic rings. The molecule has 0 bridgehead atoms. The number of amides is 3. The molecule has 1 saturated carbocycles. The zero-order valence-electron chi connectivity index (χ0n) is 16.4. The van der Waals surface area contributed by atoms with Crippen LogP contribution in [-0.4, -0.2) is 17.7 Å². The normalized spacial score (nSPS) is 14.5. The largest absolute Gasteiger partial charge is 0.462 e. The summed E-state index contributed by atoms with van der Waals surface area (Å²) in [6, 6.07) is 10.1. The molecule has 0 atom stereocenters. The zero-order valence-corrected chi connectivity index (χ0v) is 16.4. The van der Waals surface area contributed by atoms with Crippen molar-refractivity contribution < 1.29 is 18.8 Å². The predicted molar refractivity (Wildman–Crippen MR) is 110 cm³/mol. The molecular formula is C22H25N3O4. The number of hydrazine groups is 1. The summed E-state index contributed by atoms with van der Waals surface area (Å²) < 4.78 is 5.32. The highest BCUT2D eigenvalue weighted by atomic mass is 16.3. The quantitative estimate of drug-likeness (QED) is 0.532. The van der Waals surface area contributed by atoms with Crippen molar-refractivity contribution in [3.63, 3.8) is 0 Å². The number of carbonyl (C=O) groups is 3. The number of hydrogen-bond donors (Lipinski definition) is 3. The molecule has 7 heteroatoms. The highest BCUT2D eigenvalue weighted by Gasteiger charge is 2.21. The average molecular weight is 395 g/mol. The van der Waals surface area contributed by atoms with Gasteiger partial charge >= 0.3 is 0 Å². The first-order valence-electron chi connectivity index (χ1n) is 9.77. The molecule has 1 heterocycles. The van der Waals surface area contributed by atoms with E-state index in [-0.39, 0.29) is 11.8 Å². The van der Waals surface area contributed by atoms with Crippen molar-refractivity contribution in [1.29, 1.82) is 0 Å². The summed E-state index contributed by atoms with van der Waals surface area (Å²) in [4.78, 5) is 36.2. The molecular weight excluding hydrogens is 370 g/mol. The van der Waals surface area contributed by atoms with E-state index in [1.165, 1.54) is 18.6 Å². The van der Waals surface area contributed by atoms with E-state index < -0.39 is 11.8 Å². The van der Waals surface area contributed by atoms with Crippen molar-refractivity contribution in [3.05, 3.63) is 59.6 Å². The number of hydrogen-bond acceptors (Lipinski definition) is 4. The van der Waals surface area contributed by atoms with E-state index in [0.717, 1.165) is 31.4 Å². The first kappa shape index (κ1) is 20.4. The van der Waals surface area contributed by atoms with Gasteiger partial charge in [0.15, 0.2) is 0 Å². The highest BCUT2D eigenvalue weighted by molar-refractivity contribution is 5.98. The third-order valence-corrected chi connectivity index (χ3v) is 4.85. The Hall–Kier alpha value is -3.35. The average Bonchev–Trinajstić information content (AvgIpc) is 3.16. The molecule has 0 aliphatic heterocycles. The second kappa shape index (κ2) is 9.73. The van der Waals surface area contributed by atoms with Gasteiger partial charge in [-0.05, 0) is 62.2 Å². The Balaban J connectivity index is 1.46. The van der Waals surface area contributed by atoms with Crippen LogP contribution in [0.15, 0.2) is 46.9 Å². The molecule has 0 radical (unpaired) electrons. The number of furan rings is 1. The van der Waals surface area contributed by atoms with Crippen molar-refractivity contribution in [2.24, 2.45) is 5.92 Å². The monoisotopic (exact) mass is 395 g/mol. The molecule has 3 N–H and O–H groups in total. The van der Waals surface area contributed by atoms with Gasteiger partial charge in [-0.3, -0.25) is 25.2 Å². The maximum Gasteiger partial charge on any atom is 0.269 e. The van der Waals surface area contributed by atoms with Crippen LogP contribution in [0.2, 0.25) is 0 Å². The van der Waals surface area contributed by atoms with E-state index >= 15 is 0 Å². The summed E-state index contributed by atoms with van der Waals surface area (Å²) in [5.41, 5.74) is 5.67. The zero-order chi connectivity index (χ0) is 20.6. The van der Waals surface area contributed by atoms with Gasteiger partial charge in [-0.1, -0.05) is 19.3 Å². The summed E-state index contributed by atoms with van der Waals surface area (Å²) in [7, 11) is 0. The van der Waals surface area contributed by atoms with Gasteiger partial charge in [-0.15, -0.1) is 0 Å². The van der Waals surface area contributed by atoms with Gasteiger partial charge in [-0.25, -0.2) is 0 Å². The van der Waals surface area contributed by atoms with Crippen LogP contribution in [-0.2, 0) is 9.59 Å². The SMILES string of the molecule is Cc1ccc(C=CC(=O)NNC(=O)c2ccc(NC(=O)C3CCCCC3)cc2)o1. The molecule has 3 rings (SSSR count). The van der Waals surface area contributed by atoms with Gasteiger partial charge in [0, 0.05) is 23.2 Å². The minimum atomic E-state index is -0.483. The molecule has 3 amide bonds. The maximum atomic E-state index is 12.3. The Morgan fingerprint density at radius 2 is 1.69 bits per heavy atom. The smallest absolute Gasteiger partial charge is 0.269 e. The maximum absolute atomic E-state index is 12.3. The molecule has 1 aromatic heterocycles. The van der Waals surface area contributed by atoms with Gasteiger partial charge in [-0.2, -0.15) is 0 Å². The third-order valence-electron chi connectivity index (χ3n) is 4.85. The second-order valence-corrected chi connectivity index (χ2v) is 7.13. The highest BCUT2D eigenvalue weighted by Crippen LogP contribution is 2.25. The van der Waals surface area contributed by atoms with E-state index in [2.05, 4.69) is 16.2 Å². The number of rotatable bonds is 5. The molecule has 7 nitrogen and oxygen atoms in total. The van der Waals surface area contributed by atoms with Crippen LogP contribution < -0.4 is 16.2 Å². The fourth-order valence-corrected chi connectivity index (χ4v) is 3.25. The second-order valence-electron chi connectivity index (χ2n) is 7.13. The van der Waals surface area contributed by atoms with Crippen molar-refractivity contribution in [3.8, 4) is 0 Å². The van der Waals surface area contributed by atoms with E-state index in [1.54, 1.807) is 36.4 Å². The van der Waals surface area contributed by atoms with Crippen molar-refractivity contribution in [2.75, 3.05) is 5.32 Å². The van der Waals surface area contributed by atoms with Crippen LogP contribution in [0.3, 0.4) is 0 Å². The van der Waals surface area contributed by atoms with Crippen LogP contribution in [0.1, 0.15) is 54.0 Å². The molecule has 29 heavy (non-hydrogen) atoms. The van der Waals surface area contributed by atoms with Crippen LogP contribution in [0.5, 0.6) is 0 Å². The van der Waals surface area contributed by atoms with Gasteiger partial charge < -0.3 is 9.73 Å². The molecule has 1 aliphatic carbocycles. The van der Waals surface area contributed by atoms with E-state index in [4.69, 9.17) is 4.42 Å². The standard InChI is InChI=1S/C22H25N3O4/c1-15-7-12-19(29-15)13-14-20(26)24-25-22(28)17-8-10-18(11-9-17)23-21(27)16-5-3-2-4-6-16/h7-14,16H,2-6H2,1H3,(H,23,27)(H,24,26)(H,25,28). The van der Waals surface area contributed by atoms with E-state index in [9.17, 15) is 14.4 Å². The van der Waals surface area contributed by atoms with E-state index in [1.807, 2.05) is 6.92 Å². The fraction of sp³-hybridized carbons (Fsp3) is 0.318. The van der Waals surface area contributed by atoms with Crippen LogP contribution >= 0.6 is 0 Å². The number of anilines is 1. The first-order chi connectivity index (χ1) is 14.0. The number of aryl methyl sites for hydroxylation is 1. The Morgan fingerprint density at radius 3 is 2.34 bits per heavy atom. The van der Waals surface area contributed by atoms with E-state index in [0.29, 0.717) is 17.0 Å². The topological polar surface area (TPSA) is 100 Å². The molecule has 0 spiro atoms. The van der Waals surface area contributed by atoms with Crippen molar-refractivity contribution in [2.45, 2.75) is 39.0 Å². The predicted octanol–water partition coefficient (Wildman–Crippen LogP) is 3.58. The minimum Gasteiger partial charge on any atom is -0.462 e. The molecule has 0 saturated heterocycles. The van der Waals surface area contributed by atoms with Crippen LogP contribution in [0.4, 0.5) is 5.69 Å². The number of benzene rings is 1. The summed E-state index contributed by atoms with van der Waals surface area (Å²) in [5.74, 6) is 0.467. The number of carbonyl (C=O) groups excluding carboxylic acids is 3. The summed E-state index contributed by atoms with van der Waals surface area (Å²) >= 11 is 0. The lowest BCUT2D eigenvalue weighted by molar-refractivity contribution is -0.120. The molecule has 1 fully saturated rings. The van der Waals surface area contributed by atoms with Gasteiger partial charge in [0.25, 0.3) is 11.8 Å². The molecule has 0 unspecified atom stereocenters. The Labute approximate surface area is 169 Å². The number of nitrogens with one attached hydrogen (secondary N) is 3. The Morgan fingerprint density at radius 1 is 0.966 bits per heavy atom. The lowest BCUT2D eigenvalue weighted by Crippen LogP contribution is -2.40. The Bertz CT molecular complexity index is 893. The van der Waals surface area contributed by atoms with Gasteiger partial charge in [0.1, 0.15) is 11.5 Å². The Kier molecular flexibility index (Phi) is 6.84. The third kappa shape index (κ3) is 6.07. The van der Waals surface area contributed by atoms with Crippen molar-refractivity contribution in [1.82, 2.24) is 10.9 Å². The summed E-state index contributed by atoms with van der Waals surface area (Å²) in [6.45, 7) is 1.81. The molecule has 2 aromatic rings. The lowest BCUT2D eigenvalue weighted by atomic mass is 9.88. The molecule has 1 aromatic carbocycles. The summed E-state index contributed by atoms with van der Waals surface area (Å²) in [6.07, 6.45) is 8.03. The van der Waals surface area contributed by atoms with Crippen molar-refractivity contribution >= 4 is 29.5 Å².